The first kappa shape index (κ1) is 14.2. The molecule has 2 rings (SSSR count). The number of nitrogens with one attached hydrogen (secondary N) is 1. The maximum atomic E-state index is 11.2. The molecule has 1 N–H and O–H groups in total. The molecule has 106 valence electrons. The lowest BCUT2D eigenvalue weighted by Gasteiger charge is -2.07. The SMILES string of the molecule is COCCCOc1ccc(C2NO[N+](=O)C2=C=[N-])cc1. The van der Waals surface area contributed by atoms with Gasteiger partial charge in [-0.1, -0.05) is 17.6 Å². The van der Waals surface area contributed by atoms with E-state index in [0.717, 1.165) is 17.7 Å². The quantitative estimate of drug-likeness (QED) is 0.629. The molecule has 0 radical (unpaired) electrons. The number of hydrogen-bond acceptors (Lipinski definition) is 5. The molecule has 1 unspecified atom stereocenters. The second-order valence-electron chi connectivity index (χ2n) is 4.16. The summed E-state index contributed by atoms with van der Waals surface area (Å²) in [5, 5.41) is 8.90. The van der Waals surface area contributed by atoms with Gasteiger partial charge in [-0.2, -0.15) is 5.87 Å². The summed E-state index contributed by atoms with van der Waals surface area (Å²) in [7, 11) is 1.65. The number of hydroxylamine groups is 1. The van der Waals surface area contributed by atoms with Crippen molar-refractivity contribution in [1.29, 1.82) is 0 Å². The zero-order valence-electron chi connectivity index (χ0n) is 11.0. The van der Waals surface area contributed by atoms with Crippen LogP contribution in [0.3, 0.4) is 0 Å². The van der Waals surface area contributed by atoms with Gasteiger partial charge in [0, 0.05) is 20.1 Å². The van der Waals surface area contributed by atoms with E-state index in [1.165, 1.54) is 0 Å². The maximum absolute atomic E-state index is 11.2. The van der Waals surface area contributed by atoms with Crippen molar-refractivity contribution in [3.05, 3.63) is 45.8 Å². The Bertz CT molecular complexity index is 523. The Labute approximate surface area is 116 Å². The normalized spacial score (nSPS) is 17.8. The van der Waals surface area contributed by atoms with Gasteiger partial charge < -0.3 is 14.9 Å². The van der Waals surface area contributed by atoms with Crippen LogP contribution >= 0.6 is 0 Å². The van der Waals surface area contributed by atoms with Crippen LogP contribution in [0.4, 0.5) is 0 Å². The van der Waals surface area contributed by atoms with Crippen molar-refractivity contribution in [2.75, 3.05) is 20.3 Å². The van der Waals surface area contributed by atoms with E-state index in [2.05, 4.69) is 10.4 Å². The summed E-state index contributed by atoms with van der Waals surface area (Å²) in [4.78, 5) is 15.9. The van der Waals surface area contributed by atoms with Crippen LogP contribution in [0, 0.1) is 4.91 Å². The van der Waals surface area contributed by atoms with Gasteiger partial charge in [0.1, 0.15) is 5.75 Å². The monoisotopic (exact) mass is 277 g/mol. The fourth-order valence-electron chi connectivity index (χ4n) is 1.79. The van der Waals surface area contributed by atoms with Crippen LogP contribution in [0.2, 0.25) is 0 Å². The summed E-state index contributed by atoms with van der Waals surface area (Å²) in [6.07, 6.45) is 0.813. The van der Waals surface area contributed by atoms with E-state index in [1.807, 2.05) is 5.87 Å². The summed E-state index contributed by atoms with van der Waals surface area (Å²) in [5.41, 5.74) is 3.22. The summed E-state index contributed by atoms with van der Waals surface area (Å²) in [6.45, 7) is 1.23. The van der Waals surface area contributed by atoms with Crippen LogP contribution in [0.5, 0.6) is 5.75 Å². The molecule has 0 amide bonds. The summed E-state index contributed by atoms with van der Waals surface area (Å²) < 4.78 is 10.5. The van der Waals surface area contributed by atoms with E-state index in [1.54, 1.807) is 31.4 Å². The fourth-order valence-corrected chi connectivity index (χ4v) is 1.79. The molecule has 7 nitrogen and oxygen atoms in total. The minimum Gasteiger partial charge on any atom is -0.758 e. The number of methoxy groups -OCH3 is 1. The Hall–Kier alpha value is -2.21. The molecule has 1 saturated heterocycles. The highest BCUT2D eigenvalue weighted by atomic mass is 16.9. The highest BCUT2D eigenvalue weighted by Crippen LogP contribution is 2.26. The molecule has 1 aromatic rings. The minimum atomic E-state index is -0.556. The van der Waals surface area contributed by atoms with Gasteiger partial charge in [-0.25, -0.2) is 0 Å². The number of ether oxygens (including phenoxy) is 2. The van der Waals surface area contributed by atoms with Gasteiger partial charge in [-0.3, -0.25) is 0 Å². The van der Waals surface area contributed by atoms with Gasteiger partial charge in [0.15, 0.2) is 6.04 Å². The van der Waals surface area contributed by atoms with E-state index in [-0.39, 0.29) is 10.6 Å². The molecule has 1 heterocycles. The number of rotatable bonds is 6. The average Bonchev–Trinajstić information content (AvgIpc) is 2.85. The zero-order chi connectivity index (χ0) is 14.4. The van der Waals surface area contributed by atoms with E-state index < -0.39 is 6.04 Å². The molecule has 1 aromatic carbocycles. The Kier molecular flexibility index (Phi) is 4.84. The van der Waals surface area contributed by atoms with E-state index in [0.29, 0.717) is 13.2 Å². The van der Waals surface area contributed by atoms with Crippen LogP contribution < -0.4 is 10.2 Å². The van der Waals surface area contributed by atoms with Gasteiger partial charge >= 0.3 is 5.70 Å². The second kappa shape index (κ2) is 6.81. The van der Waals surface area contributed by atoms with Crippen molar-refractivity contribution >= 4 is 5.87 Å². The van der Waals surface area contributed by atoms with Crippen molar-refractivity contribution < 1.29 is 19.3 Å². The van der Waals surface area contributed by atoms with Gasteiger partial charge in [0.05, 0.1) is 11.5 Å². The Morgan fingerprint density at radius 2 is 2.15 bits per heavy atom. The number of nitrogens with zero attached hydrogens (tertiary/aromatic N) is 2. The highest BCUT2D eigenvalue weighted by Gasteiger charge is 2.40. The molecule has 0 spiro atoms. The second-order valence-corrected chi connectivity index (χ2v) is 4.16. The molecule has 7 heteroatoms. The van der Waals surface area contributed by atoms with Crippen LogP contribution in [-0.4, -0.2) is 31.1 Å². The minimum absolute atomic E-state index is 0.0289. The molecule has 0 aromatic heterocycles. The van der Waals surface area contributed by atoms with Crippen LogP contribution in [-0.2, 0) is 9.68 Å². The molecule has 1 aliphatic rings. The third-order valence-corrected chi connectivity index (χ3v) is 2.81. The first-order chi connectivity index (χ1) is 9.76. The average molecular weight is 277 g/mol. The van der Waals surface area contributed by atoms with Crippen molar-refractivity contribution in [3.63, 3.8) is 0 Å². The van der Waals surface area contributed by atoms with Crippen LogP contribution in [0.25, 0.3) is 5.41 Å². The maximum Gasteiger partial charge on any atom is 0.340 e. The van der Waals surface area contributed by atoms with Gasteiger partial charge in [0.25, 0.3) is 4.92 Å². The first-order valence-electron chi connectivity index (χ1n) is 6.14. The topological polar surface area (TPSA) is 82.1 Å². The van der Waals surface area contributed by atoms with Crippen molar-refractivity contribution in [3.8, 4) is 5.75 Å². The third-order valence-electron chi connectivity index (χ3n) is 2.81. The Balaban J connectivity index is 1.98. The Morgan fingerprint density at radius 1 is 1.40 bits per heavy atom. The lowest BCUT2D eigenvalue weighted by molar-refractivity contribution is -0.762. The summed E-state index contributed by atoms with van der Waals surface area (Å²) >= 11 is 0. The molecule has 20 heavy (non-hydrogen) atoms. The predicted octanol–water partition coefficient (Wildman–Crippen LogP) is 1.49. The smallest absolute Gasteiger partial charge is 0.340 e. The van der Waals surface area contributed by atoms with Gasteiger partial charge in [-0.05, 0) is 17.7 Å². The molecule has 0 aliphatic carbocycles. The van der Waals surface area contributed by atoms with Crippen LogP contribution in [0.15, 0.2) is 30.0 Å². The highest BCUT2D eigenvalue weighted by molar-refractivity contribution is 5.60. The van der Waals surface area contributed by atoms with Crippen molar-refractivity contribution in [2.24, 2.45) is 0 Å². The summed E-state index contributed by atoms with van der Waals surface area (Å²) in [5.74, 6) is 2.55. The fraction of sp³-hybridized carbons (Fsp3) is 0.385. The standard InChI is InChI=1S/C13H15N3O4/c1-18-7-2-8-19-11-5-3-10(4-6-11)13-12(9-14)16(17)20-15-13/h3-6,13,15H,2,7-8H2,1H3. The van der Waals surface area contributed by atoms with Gasteiger partial charge in [-0.15, -0.1) is 4.94 Å². The van der Waals surface area contributed by atoms with Crippen molar-refractivity contribution in [2.45, 2.75) is 12.5 Å². The molecule has 1 atom stereocenters. The van der Waals surface area contributed by atoms with E-state index >= 15 is 0 Å². The zero-order valence-corrected chi connectivity index (χ0v) is 11.0. The molecule has 0 bridgehead atoms. The number of benzene rings is 1. The predicted molar refractivity (Wildman–Crippen MR) is 70.9 cm³/mol. The Morgan fingerprint density at radius 3 is 2.80 bits per heavy atom. The molecule has 1 aliphatic heterocycles. The van der Waals surface area contributed by atoms with Crippen molar-refractivity contribution in [1.82, 2.24) is 5.48 Å². The third kappa shape index (κ3) is 3.21. The lowest BCUT2D eigenvalue weighted by Crippen LogP contribution is -2.12. The largest absolute Gasteiger partial charge is 0.758 e. The van der Waals surface area contributed by atoms with E-state index in [4.69, 9.17) is 14.9 Å². The first-order valence-corrected chi connectivity index (χ1v) is 6.14. The van der Waals surface area contributed by atoms with Crippen LogP contribution in [0.1, 0.15) is 18.0 Å². The molecular formula is C13H15N3O4. The molecular weight excluding hydrogens is 262 g/mol. The number of hydrogen-bond donors (Lipinski definition) is 1. The summed E-state index contributed by atoms with van der Waals surface area (Å²) in [6, 6.07) is 6.57. The molecule has 1 fully saturated rings. The molecule has 0 saturated carbocycles. The van der Waals surface area contributed by atoms with E-state index in [9.17, 15) is 4.91 Å². The lowest BCUT2D eigenvalue weighted by atomic mass is 10.1. The van der Waals surface area contributed by atoms with Gasteiger partial charge in [0.2, 0.25) is 0 Å².